The van der Waals surface area contributed by atoms with Crippen LogP contribution in [-0.4, -0.2) is 62.5 Å². The molecule has 3 N–H and O–H groups in total. The summed E-state index contributed by atoms with van der Waals surface area (Å²) in [5.41, 5.74) is 3.89. The van der Waals surface area contributed by atoms with Crippen LogP contribution in [0.5, 0.6) is 0 Å². The van der Waals surface area contributed by atoms with Gasteiger partial charge in [0.1, 0.15) is 35.8 Å². The number of hydrogen-bond acceptors (Lipinski definition) is 9. The third-order valence-electron chi connectivity index (χ3n) is 6.71. The Kier molecular flexibility index (Phi) is 8.84. The minimum atomic E-state index is -4.71. The SMILES string of the molecule is Cc1nc([C@@H]2OC3COC(c4ccccc4)O[C@@H]3C(NNC(=O)OC(C)(C)C)C2O)n(-c2cc(Br)ccc2C(F)(F)F)n1. The molecule has 0 bridgehead atoms. The van der Waals surface area contributed by atoms with Crippen LogP contribution in [0.4, 0.5) is 18.0 Å². The van der Waals surface area contributed by atoms with Crippen LogP contribution in [0.2, 0.25) is 0 Å². The van der Waals surface area contributed by atoms with Gasteiger partial charge in [-0.05, 0) is 45.9 Å². The van der Waals surface area contributed by atoms with Crippen molar-refractivity contribution in [3.05, 3.63) is 75.8 Å². The quantitative estimate of drug-likeness (QED) is 0.332. The van der Waals surface area contributed by atoms with Gasteiger partial charge in [-0.15, -0.1) is 0 Å². The summed E-state index contributed by atoms with van der Waals surface area (Å²) in [7, 11) is 0. The Bertz CT molecular complexity index is 1450. The monoisotopic (exact) mass is 669 g/mol. The highest BCUT2D eigenvalue weighted by Crippen LogP contribution is 2.41. The molecule has 232 valence electrons. The molecular weight excluding hydrogens is 639 g/mol. The molecule has 2 saturated heterocycles. The highest BCUT2D eigenvalue weighted by molar-refractivity contribution is 9.10. The number of halogens is 4. The largest absolute Gasteiger partial charge is 0.443 e. The number of ether oxygens (including phenoxy) is 4. The lowest BCUT2D eigenvalue weighted by molar-refractivity contribution is -0.313. The lowest BCUT2D eigenvalue weighted by Crippen LogP contribution is -2.66. The van der Waals surface area contributed by atoms with Crippen LogP contribution in [0.3, 0.4) is 0 Å². The fraction of sp³-hybridized carbons (Fsp3) is 0.464. The molecule has 0 spiro atoms. The molecule has 3 heterocycles. The van der Waals surface area contributed by atoms with Crippen molar-refractivity contribution in [1.82, 2.24) is 25.6 Å². The molecule has 0 aliphatic carbocycles. The summed E-state index contributed by atoms with van der Waals surface area (Å²) in [5.74, 6) is 0.0685. The van der Waals surface area contributed by atoms with Crippen molar-refractivity contribution in [2.24, 2.45) is 0 Å². The van der Waals surface area contributed by atoms with Crippen LogP contribution in [0.1, 0.15) is 55.9 Å². The number of nitrogens with zero attached hydrogens (tertiary/aromatic N) is 3. The van der Waals surface area contributed by atoms with Gasteiger partial charge in [0.15, 0.2) is 12.1 Å². The summed E-state index contributed by atoms with van der Waals surface area (Å²) in [6, 6.07) is 11.5. The summed E-state index contributed by atoms with van der Waals surface area (Å²) in [6.45, 7) is 6.61. The van der Waals surface area contributed by atoms with E-state index in [1.165, 1.54) is 19.1 Å². The van der Waals surface area contributed by atoms with E-state index in [0.29, 0.717) is 4.47 Å². The van der Waals surface area contributed by atoms with Gasteiger partial charge in [0, 0.05) is 10.0 Å². The molecule has 2 aliphatic rings. The number of carbonyl (C=O) groups excluding carboxylic acids is 1. The first kappa shape index (κ1) is 31.3. The van der Waals surface area contributed by atoms with E-state index >= 15 is 0 Å². The number of aliphatic hydroxyl groups is 1. The minimum Gasteiger partial charge on any atom is -0.443 e. The molecule has 2 fully saturated rings. The van der Waals surface area contributed by atoms with E-state index in [2.05, 4.69) is 36.9 Å². The van der Waals surface area contributed by atoms with Crippen molar-refractivity contribution in [3.8, 4) is 5.69 Å². The topological polar surface area (TPSA) is 129 Å². The van der Waals surface area contributed by atoms with Crippen molar-refractivity contribution in [1.29, 1.82) is 0 Å². The van der Waals surface area contributed by atoms with Crippen molar-refractivity contribution >= 4 is 22.0 Å². The van der Waals surface area contributed by atoms with Gasteiger partial charge in [-0.25, -0.2) is 19.9 Å². The van der Waals surface area contributed by atoms with Crippen LogP contribution >= 0.6 is 15.9 Å². The molecule has 43 heavy (non-hydrogen) atoms. The van der Waals surface area contributed by atoms with Crippen molar-refractivity contribution in [3.63, 3.8) is 0 Å². The van der Waals surface area contributed by atoms with Gasteiger partial charge in [-0.1, -0.05) is 46.3 Å². The number of amides is 1. The van der Waals surface area contributed by atoms with Gasteiger partial charge in [-0.3, -0.25) is 5.43 Å². The van der Waals surface area contributed by atoms with E-state index in [1.807, 2.05) is 30.3 Å². The van der Waals surface area contributed by atoms with Crippen LogP contribution in [-0.2, 0) is 25.1 Å². The summed E-state index contributed by atoms with van der Waals surface area (Å²) < 4.78 is 67.1. The average Bonchev–Trinajstić information content (AvgIpc) is 3.32. The standard InChI is InChI=1S/C28H31BrF3N5O6/c1-14-33-24(37(36-14)18-12-16(29)10-11-17(18)28(30,31)32)23-21(38)20(34-35-26(39)43-27(2,3)4)22-19(41-23)13-40-25(42-22)15-8-6-5-7-9-15/h5-12,19-23,25,34,38H,13H2,1-4H3,(H,35,39)/t19?,20?,21?,22-,23+,25?/m0/s1. The van der Waals surface area contributed by atoms with E-state index in [4.69, 9.17) is 18.9 Å². The molecule has 15 heteroatoms. The fourth-order valence-corrected chi connectivity index (χ4v) is 5.30. The first-order valence-electron chi connectivity index (χ1n) is 13.4. The number of fused-ring (bicyclic) bond motifs is 1. The maximum atomic E-state index is 14.0. The minimum absolute atomic E-state index is 0.00979. The Hall–Kier alpha value is -3.08. The van der Waals surface area contributed by atoms with E-state index in [9.17, 15) is 23.1 Å². The highest BCUT2D eigenvalue weighted by atomic mass is 79.9. The Morgan fingerprint density at radius 2 is 1.86 bits per heavy atom. The number of aliphatic hydroxyl groups excluding tert-OH is 1. The summed E-state index contributed by atoms with van der Waals surface area (Å²) in [6.07, 6.45) is -10.8. The zero-order chi connectivity index (χ0) is 31.1. The number of nitrogens with one attached hydrogen (secondary N) is 2. The molecule has 2 aliphatic heterocycles. The number of rotatable bonds is 5. The summed E-state index contributed by atoms with van der Waals surface area (Å²) in [5, 5.41) is 15.9. The Morgan fingerprint density at radius 3 is 2.53 bits per heavy atom. The number of benzene rings is 2. The number of aromatic nitrogens is 3. The number of alkyl halides is 3. The van der Waals surface area contributed by atoms with Crippen LogP contribution in [0, 0.1) is 6.92 Å². The van der Waals surface area contributed by atoms with Crippen molar-refractivity contribution in [2.45, 2.75) is 76.2 Å². The second-order valence-electron chi connectivity index (χ2n) is 11.1. The molecule has 4 unspecified atom stereocenters. The molecule has 1 amide bonds. The lowest BCUT2D eigenvalue weighted by Gasteiger charge is -2.48. The van der Waals surface area contributed by atoms with Gasteiger partial charge in [-0.2, -0.15) is 18.3 Å². The second-order valence-corrected chi connectivity index (χ2v) is 12.1. The molecule has 11 nitrogen and oxygen atoms in total. The molecule has 3 aromatic rings. The predicted molar refractivity (Wildman–Crippen MR) is 149 cm³/mol. The maximum Gasteiger partial charge on any atom is 0.422 e. The number of aryl methyl sites for hydroxylation is 1. The molecule has 1 aromatic heterocycles. The fourth-order valence-electron chi connectivity index (χ4n) is 4.96. The molecule has 0 radical (unpaired) electrons. The Balaban J connectivity index is 1.50. The van der Waals surface area contributed by atoms with Crippen molar-refractivity contribution in [2.75, 3.05) is 6.61 Å². The molecular formula is C28H31BrF3N5O6. The van der Waals surface area contributed by atoms with Gasteiger partial charge < -0.3 is 24.1 Å². The van der Waals surface area contributed by atoms with E-state index in [-0.39, 0.29) is 23.9 Å². The van der Waals surface area contributed by atoms with Crippen molar-refractivity contribution < 1.29 is 42.0 Å². The Morgan fingerprint density at radius 1 is 1.14 bits per heavy atom. The third-order valence-corrected chi connectivity index (χ3v) is 7.20. The van der Waals surface area contributed by atoms with Crippen LogP contribution < -0.4 is 10.9 Å². The zero-order valence-corrected chi connectivity index (χ0v) is 25.2. The molecule has 5 rings (SSSR count). The van der Waals surface area contributed by atoms with E-state index in [0.717, 1.165) is 16.3 Å². The number of carbonyl (C=O) groups is 1. The van der Waals surface area contributed by atoms with Gasteiger partial charge >= 0.3 is 12.3 Å². The average molecular weight is 670 g/mol. The Labute approximate surface area is 253 Å². The number of hydrazine groups is 1. The van der Waals surface area contributed by atoms with Gasteiger partial charge in [0.25, 0.3) is 0 Å². The maximum absolute atomic E-state index is 14.0. The third kappa shape index (κ3) is 7.02. The normalized spacial score (nSPS) is 26.1. The van der Waals surface area contributed by atoms with Crippen LogP contribution in [0.25, 0.3) is 5.69 Å². The van der Waals surface area contributed by atoms with E-state index < -0.39 is 60.2 Å². The van der Waals surface area contributed by atoms with E-state index in [1.54, 1.807) is 20.8 Å². The number of hydrogen-bond donors (Lipinski definition) is 3. The molecule has 6 atom stereocenters. The smallest absolute Gasteiger partial charge is 0.422 e. The highest BCUT2D eigenvalue weighted by Gasteiger charge is 2.51. The molecule has 0 saturated carbocycles. The molecule has 2 aromatic carbocycles. The second kappa shape index (κ2) is 12.1. The first-order valence-corrected chi connectivity index (χ1v) is 14.2. The van der Waals surface area contributed by atoms with Gasteiger partial charge in [0.2, 0.25) is 0 Å². The van der Waals surface area contributed by atoms with Gasteiger partial charge in [0.05, 0.1) is 23.9 Å². The first-order chi connectivity index (χ1) is 20.2. The van der Waals surface area contributed by atoms with Crippen LogP contribution in [0.15, 0.2) is 53.0 Å². The summed E-state index contributed by atoms with van der Waals surface area (Å²) >= 11 is 3.23. The predicted octanol–water partition coefficient (Wildman–Crippen LogP) is 4.67. The zero-order valence-electron chi connectivity index (χ0n) is 23.6. The lowest BCUT2D eigenvalue weighted by atomic mass is 9.91. The summed E-state index contributed by atoms with van der Waals surface area (Å²) in [4.78, 5) is 16.9.